The van der Waals surface area contributed by atoms with Gasteiger partial charge in [-0.25, -0.2) is 0 Å². The van der Waals surface area contributed by atoms with Gasteiger partial charge in [-0.2, -0.15) is 0 Å². The lowest BCUT2D eigenvalue weighted by molar-refractivity contribution is -0.125. The van der Waals surface area contributed by atoms with Crippen molar-refractivity contribution >= 4 is 0 Å². The highest BCUT2D eigenvalue weighted by molar-refractivity contribution is 5.38. The van der Waals surface area contributed by atoms with E-state index in [1.54, 1.807) is 7.11 Å². The molecular formula is C12H16O3. The van der Waals surface area contributed by atoms with Gasteiger partial charge in [0.2, 0.25) is 0 Å². The van der Waals surface area contributed by atoms with Gasteiger partial charge >= 0.3 is 0 Å². The van der Waals surface area contributed by atoms with Gasteiger partial charge in [0.05, 0.1) is 6.61 Å². The first-order chi connectivity index (χ1) is 7.40. The molecule has 0 saturated heterocycles. The number of fused-ring (bicyclic) bond motifs is 1. The summed E-state index contributed by atoms with van der Waals surface area (Å²) in [6, 6.07) is 6.52. The second-order valence-electron chi connectivity index (χ2n) is 3.68. The van der Waals surface area contributed by atoms with Crippen molar-refractivity contribution in [3.63, 3.8) is 0 Å². The Labute approximate surface area is 90.0 Å². The number of rotatable bonds is 6. The third kappa shape index (κ3) is 2.78. The third-order valence-electron chi connectivity index (χ3n) is 2.57. The van der Waals surface area contributed by atoms with Gasteiger partial charge in [-0.15, -0.1) is 0 Å². The monoisotopic (exact) mass is 208 g/mol. The Morgan fingerprint density at radius 2 is 1.93 bits per heavy atom. The van der Waals surface area contributed by atoms with Crippen LogP contribution in [0, 0.1) is 0 Å². The van der Waals surface area contributed by atoms with Crippen LogP contribution in [0.15, 0.2) is 18.2 Å². The van der Waals surface area contributed by atoms with Crippen LogP contribution in [0.3, 0.4) is 0 Å². The van der Waals surface area contributed by atoms with Gasteiger partial charge in [0.25, 0.3) is 0 Å². The van der Waals surface area contributed by atoms with Gasteiger partial charge < -0.3 is 14.2 Å². The maximum atomic E-state index is 5.34. The highest BCUT2D eigenvalue weighted by atomic mass is 16.7. The summed E-state index contributed by atoms with van der Waals surface area (Å²) in [6.07, 6.45) is 2.44. The zero-order chi connectivity index (χ0) is 10.5. The molecule has 0 N–H and O–H groups in total. The number of aryl methyl sites for hydroxylation is 2. The molecule has 0 aromatic heterocycles. The summed E-state index contributed by atoms with van der Waals surface area (Å²) < 4.78 is 15.1. The van der Waals surface area contributed by atoms with Crippen LogP contribution >= 0.6 is 0 Å². The first-order valence-corrected chi connectivity index (χ1v) is 5.15. The molecular weight excluding hydrogens is 192 g/mol. The van der Waals surface area contributed by atoms with Crippen LogP contribution in [0.1, 0.15) is 16.7 Å². The molecule has 82 valence electrons. The molecule has 15 heavy (non-hydrogen) atoms. The summed E-state index contributed by atoms with van der Waals surface area (Å²) in [4.78, 5) is 0. The first kappa shape index (κ1) is 10.6. The number of methoxy groups -OCH3 is 1. The molecule has 0 bridgehead atoms. The molecule has 1 aromatic rings. The molecule has 0 radical (unpaired) electrons. The van der Waals surface area contributed by atoms with Crippen LogP contribution in [0.4, 0.5) is 0 Å². The predicted octanol–water partition coefficient (Wildman–Crippen LogP) is 1.88. The molecule has 0 spiro atoms. The Bertz CT molecular complexity index is 323. The summed E-state index contributed by atoms with van der Waals surface area (Å²) in [5.41, 5.74) is 4.16. The Morgan fingerprint density at radius 1 is 1.07 bits per heavy atom. The second-order valence-corrected chi connectivity index (χ2v) is 3.68. The second kappa shape index (κ2) is 5.26. The standard InChI is InChI=1S/C12H16O3/c1-13-8-15-9-14-7-10-2-3-11-4-5-12(11)6-10/h2-3,6H,4-5,7-9H2,1H3. The van der Waals surface area contributed by atoms with E-state index in [1.165, 1.54) is 29.5 Å². The molecule has 1 aliphatic rings. The van der Waals surface area contributed by atoms with Crippen molar-refractivity contribution in [1.82, 2.24) is 0 Å². The van der Waals surface area contributed by atoms with E-state index in [4.69, 9.17) is 14.2 Å². The molecule has 0 amide bonds. The molecule has 0 saturated carbocycles. The Hall–Kier alpha value is -0.900. The largest absolute Gasteiger partial charge is 0.359 e. The summed E-state index contributed by atoms with van der Waals surface area (Å²) in [5.74, 6) is 0. The first-order valence-electron chi connectivity index (χ1n) is 5.15. The molecule has 0 atom stereocenters. The van der Waals surface area contributed by atoms with Crippen LogP contribution < -0.4 is 0 Å². The van der Waals surface area contributed by atoms with E-state index in [0.717, 1.165) is 0 Å². The summed E-state index contributed by atoms with van der Waals surface area (Å²) >= 11 is 0. The molecule has 2 rings (SSSR count). The Morgan fingerprint density at radius 3 is 2.60 bits per heavy atom. The van der Waals surface area contributed by atoms with Crippen molar-refractivity contribution in [2.45, 2.75) is 19.4 Å². The fourth-order valence-electron chi connectivity index (χ4n) is 1.67. The topological polar surface area (TPSA) is 27.7 Å². The van der Waals surface area contributed by atoms with E-state index in [-0.39, 0.29) is 13.6 Å². The van der Waals surface area contributed by atoms with Crippen molar-refractivity contribution in [3.8, 4) is 0 Å². The molecule has 0 unspecified atom stereocenters. The molecule has 0 aliphatic heterocycles. The lowest BCUT2D eigenvalue weighted by Gasteiger charge is -2.19. The summed E-state index contributed by atoms with van der Waals surface area (Å²) in [7, 11) is 1.59. The van der Waals surface area contributed by atoms with Crippen LogP contribution in [-0.4, -0.2) is 20.7 Å². The van der Waals surface area contributed by atoms with Gasteiger partial charge in [0.1, 0.15) is 13.6 Å². The molecule has 0 fully saturated rings. The minimum atomic E-state index is 0.282. The van der Waals surface area contributed by atoms with E-state index >= 15 is 0 Å². The summed E-state index contributed by atoms with van der Waals surface area (Å²) in [6.45, 7) is 1.17. The van der Waals surface area contributed by atoms with Crippen molar-refractivity contribution in [2.75, 3.05) is 20.7 Å². The van der Waals surface area contributed by atoms with Crippen molar-refractivity contribution < 1.29 is 14.2 Å². The minimum Gasteiger partial charge on any atom is -0.359 e. The van der Waals surface area contributed by atoms with Crippen molar-refractivity contribution in [3.05, 3.63) is 34.9 Å². The fourth-order valence-corrected chi connectivity index (χ4v) is 1.67. The predicted molar refractivity (Wildman–Crippen MR) is 56.5 cm³/mol. The number of benzene rings is 1. The van der Waals surface area contributed by atoms with Gasteiger partial charge in [0, 0.05) is 7.11 Å². The number of hydrogen-bond acceptors (Lipinski definition) is 3. The summed E-state index contributed by atoms with van der Waals surface area (Å²) in [5, 5.41) is 0. The molecule has 1 aliphatic carbocycles. The van der Waals surface area contributed by atoms with Crippen LogP contribution in [-0.2, 0) is 33.7 Å². The Balaban J connectivity index is 1.72. The Kier molecular flexibility index (Phi) is 3.72. The quantitative estimate of drug-likeness (QED) is 0.527. The van der Waals surface area contributed by atoms with Gasteiger partial charge in [-0.05, 0) is 29.5 Å². The smallest absolute Gasteiger partial charge is 0.150 e. The lowest BCUT2D eigenvalue weighted by atomic mass is 9.87. The molecule has 3 heteroatoms. The zero-order valence-corrected chi connectivity index (χ0v) is 8.99. The van der Waals surface area contributed by atoms with E-state index in [0.29, 0.717) is 6.61 Å². The van der Waals surface area contributed by atoms with Gasteiger partial charge in [-0.3, -0.25) is 0 Å². The van der Waals surface area contributed by atoms with E-state index in [1.807, 2.05) is 0 Å². The fraction of sp³-hybridized carbons (Fsp3) is 0.500. The van der Waals surface area contributed by atoms with Crippen LogP contribution in [0.25, 0.3) is 0 Å². The molecule has 3 nitrogen and oxygen atoms in total. The normalized spacial score (nSPS) is 13.4. The highest BCUT2D eigenvalue weighted by Gasteiger charge is 2.12. The number of ether oxygens (including phenoxy) is 3. The molecule has 1 aromatic carbocycles. The maximum absolute atomic E-state index is 5.34. The minimum absolute atomic E-state index is 0.282. The maximum Gasteiger partial charge on any atom is 0.150 e. The molecule has 0 heterocycles. The van der Waals surface area contributed by atoms with Crippen molar-refractivity contribution in [1.29, 1.82) is 0 Å². The van der Waals surface area contributed by atoms with Gasteiger partial charge in [-0.1, -0.05) is 18.2 Å². The average Bonchev–Trinajstić information content (AvgIpc) is 2.21. The van der Waals surface area contributed by atoms with E-state index in [2.05, 4.69) is 18.2 Å². The van der Waals surface area contributed by atoms with Crippen LogP contribution in [0.2, 0.25) is 0 Å². The highest BCUT2D eigenvalue weighted by Crippen LogP contribution is 2.23. The van der Waals surface area contributed by atoms with Crippen molar-refractivity contribution in [2.24, 2.45) is 0 Å². The lowest BCUT2D eigenvalue weighted by Crippen LogP contribution is -2.09. The average molecular weight is 208 g/mol. The SMILES string of the molecule is COCOCOCc1ccc2c(c1)CC2. The van der Waals surface area contributed by atoms with E-state index < -0.39 is 0 Å². The van der Waals surface area contributed by atoms with Crippen LogP contribution in [0.5, 0.6) is 0 Å². The zero-order valence-electron chi connectivity index (χ0n) is 8.99. The van der Waals surface area contributed by atoms with Gasteiger partial charge in [0.15, 0.2) is 0 Å². The third-order valence-corrected chi connectivity index (χ3v) is 2.57. The number of hydrogen-bond donors (Lipinski definition) is 0. The van der Waals surface area contributed by atoms with E-state index in [9.17, 15) is 0 Å².